The average Bonchev–Trinajstić information content (AvgIpc) is 3.37. The molecular weight excluding hydrogens is 462 g/mol. The van der Waals surface area contributed by atoms with Gasteiger partial charge >= 0.3 is 0 Å². The molecule has 1 aromatic carbocycles. The van der Waals surface area contributed by atoms with Crippen LogP contribution in [0.5, 0.6) is 0 Å². The van der Waals surface area contributed by atoms with Gasteiger partial charge in [-0.15, -0.1) is 11.3 Å². The van der Waals surface area contributed by atoms with Crippen LogP contribution in [0, 0.1) is 11.3 Å². The van der Waals surface area contributed by atoms with Crippen LogP contribution < -0.4 is 5.56 Å². The molecule has 0 fully saturated rings. The summed E-state index contributed by atoms with van der Waals surface area (Å²) in [4.78, 5) is 22.1. The van der Waals surface area contributed by atoms with Crippen LogP contribution in [0.2, 0.25) is 0 Å². The summed E-state index contributed by atoms with van der Waals surface area (Å²) in [6.45, 7) is 0. The van der Waals surface area contributed by atoms with Crippen molar-refractivity contribution in [3.8, 4) is 17.4 Å². The zero-order chi connectivity index (χ0) is 20.7. The molecule has 7 heteroatoms. The third kappa shape index (κ3) is 3.42. The van der Waals surface area contributed by atoms with Crippen LogP contribution in [0.1, 0.15) is 34.9 Å². The third-order valence-corrected chi connectivity index (χ3v) is 6.96. The van der Waals surface area contributed by atoms with Crippen LogP contribution in [0.25, 0.3) is 33.2 Å². The number of nitriles is 1. The van der Waals surface area contributed by atoms with Gasteiger partial charge in [0.15, 0.2) is 5.82 Å². The number of allylic oxidation sites excluding steroid dienone is 1. The lowest BCUT2D eigenvalue weighted by Crippen LogP contribution is -2.12. The van der Waals surface area contributed by atoms with Gasteiger partial charge in [-0.3, -0.25) is 4.79 Å². The maximum atomic E-state index is 12.8. The molecule has 1 N–H and O–H groups in total. The molecule has 3 aromatic heterocycles. The molecule has 1 aliphatic carbocycles. The van der Waals surface area contributed by atoms with E-state index in [0.717, 1.165) is 41.3 Å². The van der Waals surface area contributed by atoms with E-state index in [2.05, 4.69) is 32.0 Å². The number of aromatic nitrogens is 2. The lowest BCUT2D eigenvalue weighted by Gasteiger charge is -2.09. The van der Waals surface area contributed by atoms with Gasteiger partial charge < -0.3 is 9.40 Å². The Morgan fingerprint density at radius 1 is 1.20 bits per heavy atom. The number of benzene rings is 1. The lowest BCUT2D eigenvalue weighted by molar-refractivity contribution is 0.572. The summed E-state index contributed by atoms with van der Waals surface area (Å²) in [6.07, 6.45) is 5.78. The van der Waals surface area contributed by atoms with E-state index in [1.54, 1.807) is 23.5 Å². The van der Waals surface area contributed by atoms with Crippen LogP contribution in [0.15, 0.2) is 50.1 Å². The van der Waals surface area contributed by atoms with Gasteiger partial charge in [-0.1, -0.05) is 28.1 Å². The van der Waals surface area contributed by atoms with E-state index in [9.17, 15) is 10.1 Å². The van der Waals surface area contributed by atoms with Crippen molar-refractivity contribution in [1.82, 2.24) is 9.97 Å². The first-order valence-electron chi connectivity index (χ1n) is 9.65. The van der Waals surface area contributed by atoms with Gasteiger partial charge in [-0.2, -0.15) is 5.26 Å². The number of hydrogen-bond donors (Lipinski definition) is 1. The highest BCUT2D eigenvalue weighted by Gasteiger charge is 2.20. The van der Waals surface area contributed by atoms with Gasteiger partial charge in [0.1, 0.15) is 22.4 Å². The van der Waals surface area contributed by atoms with Crippen LogP contribution in [-0.4, -0.2) is 9.97 Å². The van der Waals surface area contributed by atoms with Gasteiger partial charge in [-0.25, -0.2) is 4.98 Å². The highest BCUT2D eigenvalue weighted by atomic mass is 79.9. The molecule has 30 heavy (non-hydrogen) atoms. The first-order chi connectivity index (χ1) is 14.6. The number of nitrogens with zero attached hydrogens (tertiary/aromatic N) is 2. The van der Waals surface area contributed by atoms with E-state index in [1.165, 1.54) is 4.88 Å². The highest BCUT2D eigenvalue weighted by molar-refractivity contribution is 9.10. The van der Waals surface area contributed by atoms with Gasteiger partial charge in [-0.05, 0) is 55.5 Å². The van der Waals surface area contributed by atoms with Gasteiger partial charge in [0.05, 0.1) is 11.0 Å². The first kappa shape index (κ1) is 19.0. The van der Waals surface area contributed by atoms with Crippen molar-refractivity contribution in [1.29, 1.82) is 5.26 Å². The van der Waals surface area contributed by atoms with Crippen molar-refractivity contribution in [2.75, 3.05) is 0 Å². The normalized spacial score (nSPS) is 13.9. The fourth-order valence-corrected chi connectivity index (χ4v) is 5.31. The molecule has 0 unspecified atom stereocenters. The van der Waals surface area contributed by atoms with Gasteiger partial charge in [0.2, 0.25) is 0 Å². The van der Waals surface area contributed by atoms with Crippen molar-refractivity contribution in [3.63, 3.8) is 0 Å². The Kier molecular flexibility index (Phi) is 4.89. The maximum absolute atomic E-state index is 12.8. The monoisotopic (exact) mass is 477 g/mol. The SMILES string of the molecule is N#CC(=Cc1ccc(-c2ccc(Br)cc2)o1)c1nc2sc3c(c2c(=O)[nH]1)CCCC3. The fraction of sp³-hybridized carbons (Fsp3) is 0.174. The second-order valence-electron chi connectivity index (χ2n) is 7.18. The minimum Gasteiger partial charge on any atom is -0.457 e. The molecular formula is C23H16BrN3O2S. The van der Waals surface area contributed by atoms with Crippen molar-refractivity contribution in [3.05, 3.63) is 73.2 Å². The van der Waals surface area contributed by atoms with E-state index in [-0.39, 0.29) is 17.0 Å². The second-order valence-corrected chi connectivity index (χ2v) is 9.18. The van der Waals surface area contributed by atoms with E-state index in [1.807, 2.05) is 30.3 Å². The Labute approximate surface area is 184 Å². The molecule has 0 radical (unpaired) electrons. The molecule has 5 rings (SSSR count). The third-order valence-electron chi connectivity index (χ3n) is 5.24. The van der Waals surface area contributed by atoms with E-state index < -0.39 is 0 Å². The van der Waals surface area contributed by atoms with Crippen molar-refractivity contribution in [2.45, 2.75) is 25.7 Å². The Hall–Kier alpha value is -2.95. The summed E-state index contributed by atoms with van der Waals surface area (Å²) >= 11 is 4.99. The fourth-order valence-electron chi connectivity index (χ4n) is 3.79. The Bertz CT molecular complexity index is 1390. The molecule has 148 valence electrons. The zero-order valence-corrected chi connectivity index (χ0v) is 18.3. The molecule has 0 bridgehead atoms. The zero-order valence-electron chi connectivity index (χ0n) is 15.9. The van der Waals surface area contributed by atoms with Crippen molar-refractivity contribution < 1.29 is 4.42 Å². The Morgan fingerprint density at radius 2 is 2.00 bits per heavy atom. The molecule has 1 aliphatic rings. The standard InChI is InChI=1S/C23H16BrN3O2S/c24-15-7-5-13(6-8-15)18-10-9-16(29-18)11-14(12-25)21-26-22(28)20-17-3-1-2-4-19(17)30-23(20)27-21/h5-11H,1-4H2,(H,26,27,28). The largest absolute Gasteiger partial charge is 0.457 e. The molecule has 0 amide bonds. The van der Waals surface area contributed by atoms with Crippen LogP contribution in [0.3, 0.4) is 0 Å². The van der Waals surface area contributed by atoms with Crippen LogP contribution in [-0.2, 0) is 12.8 Å². The number of H-pyrrole nitrogens is 1. The topological polar surface area (TPSA) is 82.7 Å². The lowest BCUT2D eigenvalue weighted by atomic mass is 9.97. The summed E-state index contributed by atoms with van der Waals surface area (Å²) in [5, 5.41) is 10.4. The predicted molar refractivity (Wildman–Crippen MR) is 122 cm³/mol. The molecule has 0 spiro atoms. The second kappa shape index (κ2) is 7.71. The number of halogens is 1. The molecule has 0 aliphatic heterocycles. The molecule has 0 saturated carbocycles. The number of thiophene rings is 1. The average molecular weight is 478 g/mol. The molecule has 4 aromatic rings. The number of hydrogen-bond acceptors (Lipinski definition) is 5. The van der Waals surface area contributed by atoms with Crippen molar-refractivity contribution in [2.24, 2.45) is 0 Å². The van der Waals surface area contributed by atoms with Crippen LogP contribution in [0.4, 0.5) is 0 Å². The van der Waals surface area contributed by atoms with Gasteiger partial charge in [0.25, 0.3) is 5.56 Å². The summed E-state index contributed by atoms with van der Waals surface area (Å²) in [6, 6.07) is 13.6. The molecule has 5 nitrogen and oxygen atoms in total. The molecule has 0 saturated heterocycles. The minimum atomic E-state index is -0.175. The summed E-state index contributed by atoms with van der Waals surface area (Å²) < 4.78 is 6.88. The minimum absolute atomic E-state index is 0.175. The highest BCUT2D eigenvalue weighted by Crippen LogP contribution is 2.34. The summed E-state index contributed by atoms with van der Waals surface area (Å²) in [7, 11) is 0. The quantitative estimate of drug-likeness (QED) is 0.369. The number of aromatic amines is 1. The van der Waals surface area contributed by atoms with Crippen molar-refractivity contribution >= 4 is 49.1 Å². The smallest absolute Gasteiger partial charge is 0.260 e. The number of fused-ring (bicyclic) bond motifs is 3. The Morgan fingerprint density at radius 3 is 2.80 bits per heavy atom. The first-order valence-corrected chi connectivity index (χ1v) is 11.3. The Balaban J connectivity index is 1.53. The van der Waals surface area contributed by atoms with E-state index >= 15 is 0 Å². The number of rotatable bonds is 3. The van der Waals surface area contributed by atoms with Gasteiger partial charge in [0, 0.05) is 21.0 Å². The molecule has 3 heterocycles. The molecule has 0 atom stereocenters. The number of furan rings is 1. The predicted octanol–water partition coefficient (Wildman–Crippen LogP) is 5.95. The maximum Gasteiger partial charge on any atom is 0.260 e. The summed E-state index contributed by atoms with van der Waals surface area (Å²) in [5.41, 5.74) is 2.16. The van der Waals surface area contributed by atoms with Crippen LogP contribution >= 0.6 is 27.3 Å². The number of nitrogens with one attached hydrogen (secondary N) is 1. The van der Waals surface area contributed by atoms with E-state index in [0.29, 0.717) is 21.7 Å². The number of aryl methyl sites for hydroxylation is 2. The van der Waals surface area contributed by atoms with E-state index in [4.69, 9.17) is 4.42 Å². The summed E-state index contributed by atoms with van der Waals surface area (Å²) in [5.74, 6) is 1.50.